The molecule has 29 heavy (non-hydrogen) atoms. The minimum absolute atomic E-state index is 0.0396. The summed E-state index contributed by atoms with van der Waals surface area (Å²) in [5.41, 5.74) is 4.55. The van der Waals surface area contributed by atoms with Gasteiger partial charge in [-0.3, -0.25) is 9.78 Å². The van der Waals surface area contributed by atoms with E-state index in [-0.39, 0.29) is 11.9 Å². The Hall–Kier alpha value is -3.08. The molecule has 5 heteroatoms. The summed E-state index contributed by atoms with van der Waals surface area (Å²) in [5.74, 6) is 1.38. The molecule has 1 aliphatic rings. The monoisotopic (exact) mass is 389 g/mol. The van der Waals surface area contributed by atoms with E-state index >= 15 is 0 Å². The fourth-order valence-corrected chi connectivity index (χ4v) is 4.06. The highest BCUT2D eigenvalue weighted by atomic mass is 16.5. The predicted molar refractivity (Wildman–Crippen MR) is 115 cm³/mol. The number of ether oxygens (including phenoxy) is 1. The van der Waals surface area contributed by atoms with Gasteiger partial charge in [0.05, 0.1) is 24.6 Å². The van der Waals surface area contributed by atoms with Crippen LogP contribution >= 0.6 is 0 Å². The number of aryl methyl sites for hydroxylation is 1. The zero-order chi connectivity index (χ0) is 20.5. The number of pyridine rings is 1. The zero-order valence-electron chi connectivity index (χ0n) is 17.4. The van der Waals surface area contributed by atoms with Gasteiger partial charge in [0, 0.05) is 29.3 Å². The molecule has 5 nitrogen and oxygen atoms in total. The number of hydrogen-bond acceptors (Lipinski definition) is 3. The molecule has 1 aliphatic carbocycles. The van der Waals surface area contributed by atoms with Crippen LogP contribution in [-0.4, -0.2) is 28.6 Å². The van der Waals surface area contributed by atoms with Crippen molar-refractivity contribution in [2.24, 2.45) is 5.92 Å². The number of carbonyl (C=O) groups is 1. The maximum atomic E-state index is 13.8. The van der Waals surface area contributed by atoms with E-state index in [2.05, 4.69) is 16.5 Å². The van der Waals surface area contributed by atoms with Gasteiger partial charge in [-0.15, -0.1) is 0 Å². The summed E-state index contributed by atoms with van der Waals surface area (Å²) in [4.78, 5) is 19.9. The van der Waals surface area contributed by atoms with Crippen molar-refractivity contribution in [1.29, 1.82) is 0 Å². The second-order valence-electron chi connectivity index (χ2n) is 7.78. The Morgan fingerprint density at radius 3 is 2.52 bits per heavy atom. The number of carbonyl (C=O) groups excluding carboxylic acids is 1. The number of aromatic nitrogens is 2. The quantitative estimate of drug-likeness (QED) is 0.600. The molecule has 1 unspecified atom stereocenters. The van der Waals surface area contributed by atoms with Crippen molar-refractivity contribution in [3.05, 3.63) is 71.8 Å². The number of anilines is 1. The van der Waals surface area contributed by atoms with Crippen LogP contribution in [0.5, 0.6) is 5.75 Å². The molecule has 150 valence electrons. The second-order valence-corrected chi connectivity index (χ2v) is 7.78. The number of methoxy groups -OCH3 is 1. The van der Waals surface area contributed by atoms with Gasteiger partial charge < -0.3 is 14.2 Å². The highest BCUT2D eigenvalue weighted by Crippen LogP contribution is 2.38. The Labute approximate surface area is 171 Å². The first-order valence-corrected chi connectivity index (χ1v) is 10.1. The van der Waals surface area contributed by atoms with E-state index in [0.717, 1.165) is 34.1 Å². The van der Waals surface area contributed by atoms with Crippen molar-refractivity contribution in [3.63, 3.8) is 0 Å². The molecule has 3 aromatic rings. The van der Waals surface area contributed by atoms with Crippen LogP contribution in [0.1, 0.15) is 41.5 Å². The van der Waals surface area contributed by atoms with Crippen LogP contribution in [0.3, 0.4) is 0 Å². The van der Waals surface area contributed by atoms with E-state index < -0.39 is 0 Å². The van der Waals surface area contributed by atoms with Crippen molar-refractivity contribution in [2.75, 3.05) is 12.0 Å². The molecule has 0 N–H and O–H groups in total. The number of amides is 1. The minimum Gasteiger partial charge on any atom is -0.497 e. The van der Waals surface area contributed by atoms with Gasteiger partial charge in [-0.05, 0) is 82.0 Å². The maximum absolute atomic E-state index is 13.8. The van der Waals surface area contributed by atoms with E-state index in [0.29, 0.717) is 5.92 Å². The van der Waals surface area contributed by atoms with Crippen LogP contribution in [0.4, 0.5) is 5.69 Å². The normalized spacial score (nSPS) is 14.5. The average Bonchev–Trinajstić information content (AvgIpc) is 3.54. The summed E-state index contributed by atoms with van der Waals surface area (Å²) in [6.07, 6.45) is 5.93. The summed E-state index contributed by atoms with van der Waals surface area (Å²) in [6, 6.07) is 13.8. The standard InChI is InChI=1S/C24H27N3O2/c1-16-14-23(18(3)26(16)21-6-5-13-25-15-21)24(28)27(17(2)19-7-8-19)20-9-11-22(29-4)12-10-20/h5-6,9-15,17,19H,7-8H2,1-4H3. The first-order valence-electron chi connectivity index (χ1n) is 10.1. The third-order valence-electron chi connectivity index (χ3n) is 5.85. The SMILES string of the molecule is COc1ccc(N(C(=O)c2cc(C)n(-c3cccnc3)c2C)C(C)C2CC2)cc1. The third kappa shape index (κ3) is 3.65. The first kappa shape index (κ1) is 19.2. The van der Waals surface area contributed by atoms with Gasteiger partial charge in [-0.1, -0.05) is 0 Å². The Morgan fingerprint density at radius 2 is 1.93 bits per heavy atom. The molecule has 0 aliphatic heterocycles. The lowest BCUT2D eigenvalue weighted by Gasteiger charge is -2.30. The molecule has 1 aromatic carbocycles. The number of benzene rings is 1. The van der Waals surface area contributed by atoms with E-state index in [1.54, 1.807) is 13.3 Å². The van der Waals surface area contributed by atoms with Gasteiger partial charge in [-0.25, -0.2) is 0 Å². The highest BCUT2D eigenvalue weighted by molar-refractivity contribution is 6.07. The van der Waals surface area contributed by atoms with E-state index in [1.807, 2.05) is 67.4 Å². The fraction of sp³-hybridized carbons (Fsp3) is 0.333. The molecule has 0 spiro atoms. The zero-order valence-corrected chi connectivity index (χ0v) is 17.4. The molecule has 0 saturated heterocycles. The lowest BCUT2D eigenvalue weighted by atomic mass is 10.1. The van der Waals surface area contributed by atoms with Crippen molar-refractivity contribution >= 4 is 11.6 Å². The van der Waals surface area contributed by atoms with Crippen LogP contribution in [0.2, 0.25) is 0 Å². The Balaban J connectivity index is 1.75. The summed E-state index contributed by atoms with van der Waals surface area (Å²) < 4.78 is 7.38. The highest BCUT2D eigenvalue weighted by Gasteiger charge is 2.36. The average molecular weight is 389 g/mol. The van der Waals surface area contributed by atoms with Crippen LogP contribution in [0.15, 0.2) is 54.9 Å². The maximum Gasteiger partial charge on any atom is 0.260 e. The molecule has 4 rings (SSSR count). The van der Waals surface area contributed by atoms with Gasteiger partial charge >= 0.3 is 0 Å². The van der Waals surface area contributed by atoms with Crippen LogP contribution in [0.25, 0.3) is 5.69 Å². The molecule has 0 radical (unpaired) electrons. The largest absolute Gasteiger partial charge is 0.497 e. The minimum atomic E-state index is 0.0396. The third-order valence-corrected chi connectivity index (χ3v) is 5.85. The molecule has 2 aromatic heterocycles. The first-order chi connectivity index (χ1) is 14.0. The van der Waals surface area contributed by atoms with Crippen LogP contribution in [-0.2, 0) is 0 Å². The smallest absolute Gasteiger partial charge is 0.260 e. The molecule has 2 heterocycles. The molecule has 1 saturated carbocycles. The lowest BCUT2D eigenvalue weighted by Crippen LogP contribution is -2.40. The summed E-state index contributed by atoms with van der Waals surface area (Å²) in [6.45, 7) is 6.18. The number of hydrogen-bond donors (Lipinski definition) is 0. The van der Waals surface area contributed by atoms with Crippen molar-refractivity contribution in [3.8, 4) is 11.4 Å². The molecule has 0 bridgehead atoms. The predicted octanol–water partition coefficient (Wildman–Crippen LogP) is 4.94. The van der Waals surface area contributed by atoms with Gasteiger partial charge in [0.25, 0.3) is 5.91 Å². The Bertz CT molecular complexity index is 1000. The van der Waals surface area contributed by atoms with Gasteiger partial charge in [-0.2, -0.15) is 0 Å². The van der Waals surface area contributed by atoms with Gasteiger partial charge in [0.15, 0.2) is 0 Å². The number of rotatable bonds is 6. The van der Waals surface area contributed by atoms with E-state index in [1.165, 1.54) is 12.8 Å². The van der Waals surface area contributed by atoms with Crippen LogP contribution < -0.4 is 9.64 Å². The molecular formula is C24H27N3O2. The van der Waals surface area contributed by atoms with Crippen molar-refractivity contribution in [1.82, 2.24) is 9.55 Å². The Kier molecular flexibility index (Phi) is 5.14. The molecule has 1 atom stereocenters. The fourth-order valence-electron chi connectivity index (χ4n) is 4.06. The Morgan fingerprint density at radius 1 is 1.21 bits per heavy atom. The summed E-state index contributed by atoms with van der Waals surface area (Å²) >= 11 is 0. The molecular weight excluding hydrogens is 362 g/mol. The number of nitrogens with zero attached hydrogens (tertiary/aromatic N) is 3. The summed E-state index contributed by atoms with van der Waals surface area (Å²) in [7, 11) is 1.65. The lowest BCUT2D eigenvalue weighted by molar-refractivity contribution is 0.0975. The van der Waals surface area contributed by atoms with E-state index in [9.17, 15) is 4.79 Å². The summed E-state index contributed by atoms with van der Waals surface area (Å²) in [5, 5.41) is 0. The topological polar surface area (TPSA) is 47.4 Å². The van der Waals surface area contributed by atoms with Crippen LogP contribution in [0, 0.1) is 19.8 Å². The molecule has 1 amide bonds. The van der Waals surface area contributed by atoms with Gasteiger partial charge in [0.1, 0.15) is 5.75 Å². The second kappa shape index (κ2) is 7.74. The van der Waals surface area contributed by atoms with Crippen molar-refractivity contribution < 1.29 is 9.53 Å². The molecule has 1 fully saturated rings. The van der Waals surface area contributed by atoms with Gasteiger partial charge in [0.2, 0.25) is 0 Å². The van der Waals surface area contributed by atoms with E-state index in [4.69, 9.17) is 4.74 Å². The van der Waals surface area contributed by atoms with Crippen molar-refractivity contribution in [2.45, 2.75) is 39.7 Å².